The minimum absolute atomic E-state index is 0.0145. The fraction of sp³-hybridized carbons (Fsp3) is 0.444. The highest BCUT2D eigenvalue weighted by atomic mass is 32.2. The number of rotatable bonds is 11. The molecule has 11 heteroatoms. The predicted molar refractivity (Wildman–Crippen MR) is 157 cm³/mol. The maximum Gasteiger partial charge on any atom is 0.407 e. The van der Waals surface area contributed by atoms with Crippen LogP contribution in [0.15, 0.2) is 57.8 Å². The fourth-order valence-electron chi connectivity index (χ4n) is 3.49. The summed E-state index contributed by atoms with van der Waals surface area (Å²) in [6, 6.07) is 11.1. The first-order valence-electron chi connectivity index (χ1n) is 15.1. The first kappa shape index (κ1) is 21.5. The number of amides is 1. The fourth-order valence-corrected chi connectivity index (χ4v) is 6.67. The number of aromatic nitrogens is 1. The minimum Gasteiger partial charge on any atom is -0.444 e. The Hall–Kier alpha value is -2.31. The summed E-state index contributed by atoms with van der Waals surface area (Å²) in [4.78, 5) is 16.7. The number of carbonyl (C=O) groups excluding carboxylic acids is 1. The van der Waals surface area contributed by atoms with Gasteiger partial charge in [0.15, 0.2) is 0 Å². The molecule has 38 heavy (non-hydrogen) atoms. The van der Waals surface area contributed by atoms with Gasteiger partial charge in [-0.05, 0) is 63.6 Å². The standard InChI is InChI=1S/C27H37N3O5S3/c1-7-15-30(38(33,34)20-13-14-21-24(17-20)36-26(29-21)37(5)6)18-23(31)22(16-19-11-9-8-10-12-19)28-25(32)35-27(2,3)4/h8-14,17,22-23,31H,5,7,15-16,18H2,1-4,6H3,(H,28,32)/t22-,23+,37?/m0/s1/i1D3,7D2,15D2. The topological polar surface area (TPSA) is 109 Å². The highest BCUT2D eigenvalue weighted by molar-refractivity contribution is 8.14. The number of fused-ring (bicyclic) bond motifs is 1. The molecule has 1 heterocycles. The molecule has 0 saturated heterocycles. The normalized spacial score (nSPS) is 18.6. The van der Waals surface area contributed by atoms with Gasteiger partial charge in [-0.15, -0.1) is 21.8 Å². The van der Waals surface area contributed by atoms with Crippen LogP contribution in [0.25, 0.3) is 10.2 Å². The van der Waals surface area contributed by atoms with Crippen LogP contribution in [0.5, 0.6) is 0 Å². The largest absolute Gasteiger partial charge is 0.444 e. The zero-order valence-corrected chi connectivity index (χ0v) is 24.0. The summed E-state index contributed by atoms with van der Waals surface area (Å²) < 4.78 is 91.4. The van der Waals surface area contributed by atoms with Crippen molar-refractivity contribution in [3.05, 3.63) is 54.1 Å². The molecule has 1 amide bonds. The lowest BCUT2D eigenvalue weighted by Crippen LogP contribution is -2.51. The second-order valence-electron chi connectivity index (χ2n) is 9.53. The summed E-state index contributed by atoms with van der Waals surface area (Å²) in [6.07, 6.45) is -4.75. The monoisotopic (exact) mass is 586 g/mol. The van der Waals surface area contributed by atoms with Crippen molar-refractivity contribution in [3.8, 4) is 0 Å². The van der Waals surface area contributed by atoms with Gasteiger partial charge in [0.25, 0.3) is 0 Å². The SMILES string of the molecule is [2H]C([2H])([2H])C([2H])([2H])C([2H])([2H])N(C[C@@H](O)[C@H](Cc1ccccc1)NC(=O)OC(C)(C)C)S(=O)(=O)c1ccc2nc(S(=C)C)sc2c1. The van der Waals surface area contributed by atoms with Gasteiger partial charge < -0.3 is 15.2 Å². The molecule has 0 aliphatic rings. The van der Waals surface area contributed by atoms with Gasteiger partial charge in [-0.3, -0.25) is 0 Å². The lowest BCUT2D eigenvalue weighted by Gasteiger charge is -2.30. The summed E-state index contributed by atoms with van der Waals surface area (Å²) in [6.45, 7) is -3.57. The van der Waals surface area contributed by atoms with E-state index in [0.29, 0.717) is 20.1 Å². The Bertz CT molecular complexity index is 1640. The van der Waals surface area contributed by atoms with E-state index < -0.39 is 75.5 Å². The van der Waals surface area contributed by atoms with Crippen LogP contribution >= 0.6 is 21.8 Å². The number of nitrogens with zero attached hydrogens (tertiary/aromatic N) is 2. The molecular formula is C27H37N3O5S3. The van der Waals surface area contributed by atoms with Gasteiger partial charge in [0.2, 0.25) is 10.0 Å². The molecule has 0 saturated carbocycles. The van der Waals surface area contributed by atoms with E-state index in [0.717, 1.165) is 6.07 Å². The van der Waals surface area contributed by atoms with E-state index in [1.54, 1.807) is 51.1 Å². The smallest absolute Gasteiger partial charge is 0.407 e. The molecule has 3 rings (SSSR count). The van der Waals surface area contributed by atoms with Crippen LogP contribution in [0.2, 0.25) is 0 Å². The van der Waals surface area contributed by atoms with E-state index >= 15 is 0 Å². The van der Waals surface area contributed by atoms with Gasteiger partial charge in [0.05, 0.1) is 27.3 Å². The quantitative estimate of drug-likeness (QED) is 0.310. The molecule has 3 atom stereocenters. The number of aliphatic hydroxyl groups is 1. The van der Waals surface area contributed by atoms with E-state index in [1.165, 1.54) is 23.5 Å². The molecule has 0 spiro atoms. The van der Waals surface area contributed by atoms with Gasteiger partial charge in [-0.25, -0.2) is 18.2 Å². The van der Waals surface area contributed by atoms with Crippen molar-refractivity contribution in [1.29, 1.82) is 0 Å². The van der Waals surface area contributed by atoms with Gasteiger partial charge in [0.1, 0.15) is 9.94 Å². The van der Waals surface area contributed by atoms with Gasteiger partial charge in [0, 0.05) is 22.6 Å². The van der Waals surface area contributed by atoms with E-state index in [-0.39, 0.29) is 10.7 Å². The molecule has 208 valence electrons. The van der Waals surface area contributed by atoms with Crippen LogP contribution in [0.3, 0.4) is 0 Å². The van der Waals surface area contributed by atoms with Crippen molar-refractivity contribution in [1.82, 2.24) is 14.6 Å². The first-order valence-corrected chi connectivity index (χ1v) is 15.6. The number of sulfonamides is 1. The van der Waals surface area contributed by atoms with Crippen molar-refractivity contribution >= 4 is 54.0 Å². The minimum atomic E-state index is -5.03. The Morgan fingerprint density at radius 1 is 1.32 bits per heavy atom. The third-order valence-electron chi connectivity index (χ3n) is 5.22. The summed E-state index contributed by atoms with van der Waals surface area (Å²) >= 11 is 1.18. The number of hydrogen-bond acceptors (Lipinski definition) is 7. The molecule has 0 fully saturated rings. The number of thiazole rings is 1. The van der Waals surface area contributed by atoms with Crippen molar-refractivity contribution in [3.63, 3.8) is 0 Å². The van der Waals surface area contributed by atoms with Crippen LogP contribution in [-0.4, -0.2) is 71.8 Å². The molecule has 3 aromatic rings. The maximum atomic E-state index is 14.1. The van der Waals surface area contributed by atoms with Crippen LogP contribution in [0, 0.1) is 0 Å². The summed E-state index contributed by atoms with van der Waals surface area (Å²) in [5, 5.41) is 14.0. The Morgan fingerprint density at radius 2 is 2.03 bits per heavy atom. The Morgan fingerprint density at radius 3 is 2.66 bits per heavy atom. The second-order valence-corrected chi connectivity index (χ2v) is 14.3. The molecule has 0 aliphatic carbocycles. The number of hydrogen-bond donors (Lipinski definition) is 2. The van der Waals surface area contributed by atoms with E-state index in [2.05, 4.69) is 16.2 Å². The van der Waals surface area contributed by atoms with Crippen LogP contribution < -0.4 is 5.32 Å². The van der Waals surface area contributed by atoms with Crippen molar-refractivity contribution in [2.45, 2.75) is 67.4 Å². The van der Waals surface area contributed by atoms with Crippen molar-refractivity contribution < 1.29 is 32.7 Å². The van der Waals surface area contributed by atoms with Crippen LogP contribution in [0.1, 0.15) is 49.2 Å². The molecule has 2 aromatic carbocycles. The van der Waals surface area contributed by atoms with Gasteiger partial charge in [-0.1, -0.05) is 43.1 Å². The zero-order valence-electron chi connectivity index (χ0n) is 28.6. The molecular weight excluding hydrogens is 543 g/mol. The average Bonchev–Trinajstić information content (AvgIpc) is 3.34. The highest BCUT2D eigenvalue weighted by Crippen LogP contribution is 2.33. The van der Waals surface area contributed by atoms with Crippen molar-refractivity contribution in [2.24, 2.45) is 0 Å². The second kappa shape index (κ2) is 12.7. The lowest BCUT2D eigenvalue weighted by atomic mass is 10.0. The molecule has 0 radical (unpaired) electrons. The summed E-state index contributed by atoms with van der Waals surface area (Å²) in [5.41, 5.74) is 0.171. The Kier molecular flexibility index (Phi) is 7.18. The maximum absolute atomic E-state index is 14.1. The lowest BCUT2D eigenvalue weighted by molar-refractivity contribution is 0.0402. The molecule has 1 unspecified atom stereocenters. The van der Waals surface area contributed by atoms with E-state index in [4.69, 9.17) is 14.3 Å². The van der Waals surface area contributed by atoms with Crippen molar-refractivity contribution in [2.75, 3.05) is 19.3 Å². The van der Waals surface area contributed by atoms with Gasteiger partial charge >= 0.3 is 6.09 Å². The Balaban J connectivity index is 2.13. The van der Waals surface area contributed by atoms with Gasteiger partial charge in [-0.2, -0.15) is 4.31 Å². The third kappa shape index (κ3) is 8.09. The summed E-state index contributed by atoms with van der Waals surface area (Å²) in [5.74, 6) is 3.94. The third-order valence-corrected chi connectivity index (χ3v) is 9.50. The molecule has 0 aliphatic heterocycles. The molecule has 1 aromatic heterocycles. The highest BCUT2D eigenvalue weighted by Gasteiger charge is 2.31. The molecule has 0 bridgehead atoms. The number of nitrogens with one attached hydrogen (secondary N) is 1. The number of alkyl carbamates (subject to hydrolysis) is 1. The number of aliphatic hydroxyl groups excluding tert-OH is 1. The van der Waals surface area contributed by atoms with E-state index in [1.807, 2.05) is 6.26 Å². The average molecular weight is 587 g/mol. The zero-order chi connectivity index (χ0) is 34.2. The predicted octanol–water partition coefficient (Wildman–Crippen LogP) is 4.88. The number of ether oxygens (including phenoxy) is 1. The van der Waals surface area contributed by atoms with E-state index in [9.17, 15) is 18.3 Å². The van der Waals surface area contributed by atoms with Crippen LogP contribution in [0.4, 0.5) is 4.79 Å². The Labute approximate surface area is 241 Å². The first-order chi connectivity index (χ1) is 20.5. The van der Waals surface area contributed by atoms with Crippen LogP contribution in [-0.2, 0) is 21.2 Å². The number of carbonyl (C=O) groups is 1. The molecule has 8 nitrogen and oxygen atoms in total. The molecule has 2 N–H and O–H groups in total. The summed E-state index contributed by atoms with van der Waals surface area (Å²) in [7, 11) is -5.51. The number of benzene rings is 2.